The van der Waals surface area contributed by atoms with E-state index in [9.17, 15) is 14.7 Å². The van der Waals surface area contributed by atoms with E-state index in [2.05, 4.69) is 10.3 Å². The van der Waals surface area contributed by atoms with Gasteiger partial charge in [0.05, 0.1) is 17.6 Å². The molecular formula is C15H17N3O3. The number of aromatic nitrogens is 1. The molecule has 2 aromatic rings. The fraction of sp³-hybridized carbons (Fsp3) is 0.267. The number of nitrogens with zero attached hydrogens (tertiary/aromatic N) is 2. The van der Waals surface area contributed by atoms with E-state index < -0.39 is 5.97 Å². The lowest BCUT2D eigenvalue weighted by atomic mass is 10.1. The molecule has 0 unspecified atom stereocenters. The summed E-state index contributed by atoms with van der Waals surface area (Å²) < 4.78 is 0. The molecule has 6 heteroatoms. The van der Waals surface area contributed by atoms with Crippen molar-refractivity contribution in [1.82, 2.24) is 10.3 Å². The number of carboxylic acids is 1. The molecule has 1 amide bonds. The number of anilines is 1. The predicted molar refractivity (Wildman–Crippen MR) is 80.7 cm³/mol. The van der Waals surface area contributed by atoms with Gasteiger partial charge >= 0.3 is 5.97 Å². The van der Waals surface area contributed by atoms with Gasteiger partial charge in [-0.1, -0.05) is 18.2 Å². The summed E-state index contributed by atoms with van der Waals surface area (Å²) in [5.41, 5.74) is 0.772. The van der Waals surface area contributed by atoms with E-state index in [0.717, 1.165) is 0 Å². The monoisotopic (exact) mass is 287 g/mol. The average Bonchev–Trinajstić information content (AvgIpc) is 2.46. The number of fused-ring (bicyclic) bond motifs is 1. The number of para-hydroxylation sites is 1. The summed E-state index contributed by atoms with van der Waals surface area (Å²) in [6.45, 7) is 2.52. The maximum atomic E-state index is 11.6. The highest BCUT2D eigenvalue weighted by Crippen LogP contribution is 2.22. The highest BCUT2D eigenvalue weighted by Gasteiger charge is 2.15. The maximum Gasteiger partial charge on any atom is 0.336 e. The van der Waals surface area contributed by atoms with Gasteiger partial charge in [0.1, 0.15) is 5.82 Å². The van der Waals surface area contributed by atoms with Crippen molar-refractivity contribution in [1.29, 1.82) is 0 Å². The van der Waals surface area contributed by atoms with Crippen LogP contribution in [0.15, 0.2) is 30.3 Å². The fourth-order valence-electron chi connectivity index (χ4n) is 2.08. The Morgan fingerprint density at radius 1 is 1.33 bits per heavy atom. The normalized spacial score (nSPS) is 10.4. The molecule has 6 nitrogen and oxygen atoms in total. The second-order valence-corrected chi connectivity index (χ2v) is 4.66. The molecule has 1 aromatic carbocycles. The number of carbonyl (C=O) groups excluding carboxylic acids is 1. The van der Waals surface area contributed by atoms with Gasteiger partial charge in [-0.3, -0.25) is 4.79 Å². The Labute approximate surface area is 122 Å². The first-order valence-corrected chi connectivity index (χ1v) is 6.64. The minimum atomic E-state index is -1.01. The summed E-state index contributed by atoms with van der Waals surface area (Å²) in [6.07, 6.45) is 0. The van der Waals surface area contributed by atoms with E-state index in [4.69, 9.17) is 0 Å². The van der Waals surface area contributed by atoms with Crippen LogP contribution < -0.4 is 10.2 Å². The van der Waals surface area contributed by atoms with E-state index in [1.807, 2.05) is 6.92 Å². The Morgan fingerprint density at radius 2 is 2.05 bits per heavy atom. The molecule has 0 bridgehead atoms. The second kappa shape index (κ2) is 6.21. The number of rotatable bonds is 5. The molecule has 0 aliphatic rings. The van der Waals surface area contributed by atoms with Crippen molar-refractivity contribution in [2.45, 2.75) is 6.92 Å². The van der Waals surface area contributed by atoms with Crippen molar-refractivity contribution in [3.05, 3.63) is 35.9 Å². The highest BCUT2D eigenvalue weighted by molar-refractivity contribution is 6.03. The average molecular weight is 287 g/mol. The summed E-state index contributed by atoms with van der Waals surface area (Å²) in [5, 5.41) is 12.6. The van der Waals surface area contributed by atoms with Gasteiger partial charge in [-0.05, 0) is 19.1 Å². The van der Waals surface area contributed by atoms with Crippen LogP contribution in [0.3, 0.4) is 0 Å². The molecule has 0 saturated heterocycles. The minimum Gasteiger partial charge on any atom is -0.478 e. The van der Waals surface area contributed by atoms with Crippen LogP contribution in [0.4, 0.5) is 5.82 Å². The van der Waals surface area contributed by atoms with Gasteiger partial charge in [0.15, 0.2) is 0 Å². The third-order valence-electron chi connectivity index (χ3n) is 3.08. The van der Waals surface area contributed by atoms with Crippen LogP contribution in [0.2, 0.25) is 0 Å². The number of amides is 1. The van der Waals surface area contributed by atoms with Crippen LogP contribution in [0.1, 0.15) is 17.3 Å². The Bertz CT molecular complexity index is 685. The zero-order valence-corrected chi connectivity index (χ0v) is 12.0. The molecule has 0 aliphatic heterocycles. The molecule has 0 saturated carbocycles. The third kappa shape index (κ3) is 3.28. The van der Waals surface area contributed by atoms with E-state index in [1.165, 1.54) is 6.07 Å². The second-order valence-electron chi connectivity index (χ2n) is 4.66. The number of carbonyl (C=O) groups is 2. The molecule has 0 atom stereocenters. The van der Waals surface area contributed by atoms with Crippen molar-refractivity contribution in [2.24, 2.45) is 0 Å². The number of hydrogen-bond acceptors (Lipinski definition) is 4. The summed E-state index contributed by atoms with van der Waals surface area (Å²) in [6, 6.07) is 8.54. The fourth-order valence-corrected chi connectivity index (χ4v) is 2.08. The number of pyridine rings is 1. The van der Waals surface area contributed by atoms with Gasteiger partial charge in [-0.2, -0.15) is 0 Å². The number of benzene rings is 1. The van der Waals surface area contributed by atoms with Crippen LogP contribution >= 0.6 is 0 Å². The highest BCUT2D eigenvalue weighted by atomic mass is 16.4. The van der Waals surface area contributed by atoms with Gasteiger partial charge in [-0.25, -0.2) is 9.78 Å². The lowest BCUT2D eigenvalue weighted by molar-refractivity contribution is -0.119. The summed E-state index contributed by atoms with van der Waals surface area (Å²) >= 11 is 0. The van der Waals surface area contributed by atoms with Gasteiger partial charge in [0.25, 0.3) is 0 Å². The first kappa shape index (κ1) is 14.8. The van der Waals surface area contributed by atoms with Crippen LogP contribution in [-0.2, 0) is 4.79 Å². The molecule has 110 valence electrons. The topological polar surface area (TPSA) is 82.5 Å². The number of carboxylic acid groups (broad SMARTS) is 1. The first-order valence-electron chi connectivity index (χ1n) is 6.64. The molecule has 1 heterocycles. The van der Waals surface area contributed by atoms with Crippen molar-refractivity contribution < 1.29 is 14.7 Å². The van der Waals surface area contributed by atoms with E-state index >= 15 is 0 Å². The van der Waals surface area contributed by atoms with Gasteiger partial charge in [0, 0.05) is 19.0 Å². The molecule has 2 N–H and O–H groups in total. The van der Waals surface area contributed by atoms with Crippen LogP contribution in [0.5, 0.6) is 0 Å². The lowest BCUT2D eigenvalue weighted by Crippen LogP contribution is -2.35. The summed E-state index contributed by atoms with van der Waals surface area (Å²) in [7, 11) is 1.71. The molecule has 2 rings (SSSR count). The Hall–Kier alpha value is -2.63. The summed E-state index contributed by atoms with van der Waals surface area (Å²) in [5.74, 6) is -0.689. The Balaban J connectivity index is 2.40. The molecule has 1 aromatic heterocycles. The van der Waals surface area contributed by atoms with Gasteiger partial charge in [0.2, 0.25) is 5.91 Å². The van der Waals surface area contributed by atoms with Gasteiger partial charge < -0.3 is 15.3 Å². The largest absolute Gasteiger partial charge is 0.478 e. The maximum absolute atomic E-state index is 11.6. The summed E-state index contributed by atoms with van der Waals surface area (Å²) in [4.78, 5) is 29.0. The van der Waals surface area contributed by atoms with Crippen molar-refractivity contribution in [3.8, 4) is 0 Å². The number of hydrogen-bond donors (Lipinski definition) is 2. The van der Waals surface area contributed by atoms with Crippen molar-refractivity contribution in [3.63, 3.8) is 0 Å². The van der Waals surface area contributed by atoms with Crippen molar-refractivity contribution in [2.75, 3.05) is 25.0 Å². The molecule has 0 aliphatic carbocycles. The molecular weight excluding hydrogens is 270 g/mol. The SMILES string of the molecule is CCNC(=O)CN(C)c1cc(C(=O)O)c2ccccc2n1. The number of aromatic carboxylic acids is 1. The van der Waals surface area contributed by atoms with E-state index in [1.54, 1.807) is 36.2 Å². The molecule has 21 heavy (non-hydrogen) atoms. The first-order chi connectivity index (χ1) is 10.0. The van der Waals surface area contributed by atoms with Crippen LogP contribution in [0, 0.1) is 0 Å². The lowest BCUT2D eigenvalue weighted by Gasteiger charge is -2.18. The molecule has 0 radical (unpaired) electrons. The minimum absolute atomic E-state index is 0.123. The molecule has 0 fully saturated rings. The van der Waals surface area contributed by atoms with Crippen LogP contribution in [0.25, 0.3) is 10.9 Å². The van der Waals surface area contributed by atoms with E-state index in [-0.39, 0.29) is 18.0 Å². The van der Waals surface area contributed by atoms with E-state index in [0.29, 0.717) is 23.3 Å². The Kier molecular flexibility index (Phi) is 4.37. The number of likely N-dealkylation sites (N-methyl/N-ethyl adjacent to an activating group) is 2. The zero-order chi connectivity index (χ0) is 15.4. The quantitative estimate of drug-likeness (QED) is 0.871. The van der Waals surface area contributed by atoms with Crippen LogP contribution in [-0.4, -0.2) is 42.1 Å². The predicted octanol–water partition coefficient (Wildman–Crippen LogP) is 1.51. The smallest absolute Gasteiger partial charge is 0.336 e. The van der Waals surface area contributed by atoms with Gasteiger partial charge in [-0.15, -0.1) is 0 Å². The zero-order valence-electron chi connectivity index (χ0n) is 12.0. The third-order valence-corrected chi connectivity index (χ3v) is 3.08. The van der Waals surface area contributed by atoms with Crippen molar-refractivity contribution >= 4 is 28.6 Å². The standard InChI is InChI=1S/C15H17N3O3/c1-3-16-14(19)9-18(2)13-8-11(15(20)21)10-6-4-5-7-12(10)17-13/h4-8H,3,9H2,1-2H3,(H,16,19)(H,20,21). The number of nitrogens with one attached hydrogen (secondary N) is 1. The molecule has 0 spiro atoms. The Morgan fingerprint density at radius 3 is 2.71 bits per heavy atom.